The Hall–Kier alpha value is -2.43. The molecule has 0 aromatic heterocycles. The molecule has 1 aromatic carbocycles. The van der Waals surface area contributed by atoms with E-state index in [1.807, 2.05) is 31.2 Å². The highest BCUT2D eigenvalue weighted by Crippen LogP contribution is 2.65. The first kappa shape index (κ1) is 18.3. The zero-order chi connectivity index (χ0) is 20.6. The van der Waals surface area contributed by atoms with Crippen LogP contribution in [0.4, 0.5) is 5.69 Å². The molecule has 0 radical (unpaired) electrons. The molecule has 5 heteroatoms. The number of aryl methyl sites for hydroxylation is 1. The lowest BCUT2D eigenvalue weighted by Gasteiger charge is -2.37. The maximum atomic E-state index is 13.3. The SMILES string of the molecule is Cc1ccc(NC(=O)C2CCC(N3C(=O)[C@@H]4[C@H]5C=C[C@@H]([C@@H]6C[C@H]56)[C@@H]4C3=O)CC2)cc1. The van der Waals surface area contributed by atoms with E-state index in [4.69, 9.17) is 0 Å². The number of amides is 3. The number of nitrogens with zero attached hydrogens (tertiary/aromatic N) is 1. The van der Waals surface area contributed by atoms with Gasteiger partial charge in [-0.2, -0.15) is 0 Å². The van der Waals surface area contributed by atoms with Gasteiger partial charge in [-0.1, -0.05) is 29.8 Å². The summed E-state index contributed by atoms with van der Waals surface area (Å²) in [4.78, 5) is 40.9. The fourth-order valence-corrected chi connectivity index (χ4v) is 6.82. The molecule has 2 bridgehead atoms. The number of nitrogens with one attached hydrogen (secondary N) is 1. The molecule has 6 aliphatic rings. The Morgan fingerprint density at radius 2 is 1.47 bits per heavy atom. The van der Waals surface area contributed by atoms with E-state index in [2.05, 4.69) is 17.5 Å². The Labute approximate surface area is 176 Å². The number of benzene rings is 1. The van der Waals surface area contributed by atoms with Crippen LogP contribution in [0.25, 0.3) is 0 Å². The summed E-state index contributed by atoms with van der Waals surface area (Å²) in [5.74, 6) is 1.75. The van der Waals surface area contributed by atoms with Crippen molar-refractivity contribution < 1.29 is 14.4 Å². The van der Waals surface area contributed by atoms with E-state index in [1.54, 1.807) is 4.90 Å². The lowest BCUT2D eigenvalue weighted by atomic mass is 9.63. The maximum absolute atomic E-state index is 13.3. The fourth-order valence-electron chi connectivity index (χ4n) is 6.82. The van der Waals surface area contributed by atoms with Crippen molar-refractivity contribution in [2.24, 2.45) is 41.4 Å². The summed E-state index contributed by atoms with van der Waals surface area (Å²) in [6.07, 6.45) is 8.56. The molecular formula is C25H28N2O3. The third kappa shape index (κ3) is 2.63. The molecule has 6 atom stereocenters. The van der Waals surface area contributed by atoms with Crippen molar-refractivity contribution in [3.63, 3.8) is 0 Å². The molecule has 5 aliphatic carbocycles. The standard InChI is InChI=1S/C25H28N2O3/c1-13-2-6-15(7-3-13)26-23(28)14-4-8-16(9-5-14)27-24(29)21-17-10-11-18(20-12-19(17)20)22(21)25(27)30/h2-3,6-7,10-11,14,16-22H,4-5,8-9,12H2,1H3,(H,26,28)/t14?,16?,17-,18-,19-,20+,21-,22+/m0/s1. The highest BCUT2D eigenvalue weighted by molar-refractivity contribution is 6.06. The van der Waals surface area contributed by atoms with Crippen molar-refractivity contribution in [2.45, 2.75) is 45.1 Å². The number of hydrogen-bond acceptors (Lipinski definition) is 3. The van der Waals surface area contributed by atoms with Crippen LogP contribution in [-0.2, 0) is 14.4 Å². The molecule has 3 saturated carbocycles. The van der Waals surface area contributed by atoms with E-state index in [0.29, 0.717) is 11.8 Å². The topological polar surface area (TPSA) is 66.5 Å². The van der Waals surface area contributed by atoms with Gasteiger partial charge in [-0.3, -0.25) is 19.3 Å². The average Bonchev–Trinajstić information content (AvgIpc) is 3.53. The third-order valence-electron chi connectivity index (χ3n) is 8.45. The van der Waals surface area contributed by atoms with Crippen molar-refractivity contribution in [3.05, 3.63) is 42.0 Å². The smallest absolute Gasteiger partial charge is 0.233 e. The molecule has 1 saturated heterocycles. The van der Waals surface area contributed by atoms with Gasteiger partial charge in [-0.15, -0.1) is 0 Å². The van der Waals surface area contributed by atoms with Gasteiger partial charge in [0.1, 0.15) is 0 Å². The molecule has 0 spiro atoms. The van der Waals surface area contributed by atoms with E-state index in [0.717, 1.165) is 36.9 Å². The number of allylic oxidation sites excluding steroid dienone is 2. The van der Waals surface area contributed by atoms with E-state index >= 15 is 0 Å². The Bertz CT molecular complexity index is 908. The summed E-state index contributed by atoms with van der Waals surface area (Å²) in [6.45, 7) is 2.02. The van der Waals surface area contributed by atoms with Crippen LogP contribution in [-0.4, -0.2) is 28.7 Å². The summed E-state index contributed by atoms with van der Waals surface area (Å²) >= 11 is 0. The lowest BCUT2D eigenvalue weighted by Crippen LogP contribution is -2.44. The Balaban J connectivity index is 1.11. The molecule has 30 heavy (non-hydrogen) atoms. The van der Waals surface area contributed by atoms with E-state index in [-0.39, 0.29) is 53.4 Å². The first-order valence-electron chi connectivity index (χ1n) is 11.5. The van der Waals surface area contributed by atoms with Gasteiger partial charge < -0.3 is 5.32 Å². The summed E-state index contributed by atoms with van der Waals surface area (Å²) < 4.78 is 0. The van der Waals surface area contributed by atoms with Crippen LogP contribution >= 0.6 is 0 Å². The number of carbonyl (C=O) groups is 3. The molecule has 1 aromatic rings. The minimum absolute atomic E-state index is 0.0326. The van der Waals surface area contributed by atoms with Gasteiger partial charge in [0.25, 0.3) is 0 Å². The summed E-state index contributed by atoms with van der Waals surface area (Å²) in [5, 5.41) is 3.02. The molecule has 4 fully saturated rings. The van der Waals surface area contributed by atoms with Crippen molar-refractivity contribution in [3.8, 4) is 0 Å². The van der Waals surface area contributed by atoms with Crippen molar-refractivity contribution >= 4 is 23.4 Å². The number of imide groups is 1. The Morgan fingerprint density at radius 1 is 0.900 bits per heavy atom. The van der Waals surface area contributed by atoms with Crippen LogP contribution in [0.1, 0.15) is 37.7 Å². The highest BCUT2D eigenvalue weighted by Gasteiger charge is 2.67. The second-order valence-electron chi connectivity index (χ2n) is 10.1. The van der Waals surface area contributed by atoms with Crippen molar-refractivity contribution in [1.29, 1.82) is 0 Å². The largest absolute Gasteiger partial charge is 0.326 e. The second kappa shape index (κ2) is 6.53. The number of anilines is 1. The first-order chi connectivity index (χ1) is 14.5. The van der Waals surface area contributed by atoms with Gasteiger partial charge in [0.15, 0.2) is 0 Å². The van der Waals surface area contributed by atoms with E-state index < -0.39 is 0 Å². The fraction of sp³-hybridized carbons (Fsp3) is 0.560. The average molecular weight is 405 g/mol. The van der Waals surface area contributed by atoms with Crippen LogP contribution in [0.3, 0.4) is 0 Å². The van der Waals surface area contributed by atoms with Gasteiger partial charge >= 0.3 is 0 Å². The van der Waals surface area contributed by atoms with Crippen molar-refractivity contribution in [2.75, 3.05) is 5.32 Å². The molecule has 1 N–H and O–H groups in total. The number of likely N-dealkylation sites (tertiary alicyclic amines) is 1. The van der Waals surface area contributed by atoms with Gasteiger partial charge in [-0.25, -0.2) is 0 Å². The minimum atomic E-state index is -0.112. The predicted octanol–water partition coefficient (Wildman–Crippen LogP) is 3.55. The normalized spacial score (nSPS) is 40.9. The molecule has 3 amide bonds. The molecule has 0 unspecified atom stereocenters. The molecule has 7 rings (SSSR count). The van der Waals surface area contributed by atoms with Crippen molar-refractivity contribution in [1.82, 2.24) is 4.90 Å². The zero-order valence-electron chi connectivity index (χ0n) is 17.3. The third-order valence-corrected chi connectivity index (χ3v) is 8.45. The zero-order valence-corrected chi connectivity index (χ0v) is 17.3. The number of carbonyl (C=O) groups excluding carboxylic acids is 3. The molecule has 1 aliphatic heterocycles. The lowest BCUT2D eigenvalue weighted by molar-refractivity contribution is -0.144. The number of rotatable bonds is 3. The maximum Gasteiger partial charge on any atom is 0.233 e. The Morgan fingerprint density at radius 3 is 2.03 bits per heavy atom. The van der Waals surface area contributed by atoms with Gasteiger partial charge in [0.2, 0.25) is 17.7 Å². The molecule has 5 nitrogen and oxygen atoms in total. The van der Waals surface area contributed by atoms with Gasteiger partial charge in [0.05, 0.1) is 11.8 Å². The summed E-state index contributed by atoms with van der Waals surface area (Å²) in [7, 11) is 0. The van der Waals surface area contributed by atoms with Crippen LogP contribution in [0.2, 0.25) is 0 Å². The minimum Gasteiger partial charge on any atom is -0.326 e. The first-order valence-corrected chi connectivity index (χ1v) is 11.5. The quantitative estimate of drug-likeness (QED) is 0.619. The molecule has 156 valence electrons. The number of hydrogen-bond donors (Lipinski definition) is 1. The Kier molecular flexibility index (Phi) is 4.00. The van der Waals surface area contributed by atoms with E-state index in [9.17, 15) is 14.4 Å². The molecule has 1 heterocycles. The van der Waals surface area contributed by atoms with Gasteiger partial charge in [0, 0.05) is 17.6 Å². The molecular weight excluding hydrogens is 376 g/mol. The monoisotopic (exact) mass is 404 g/mol. The van der Waals surface area contributed by atoms with Gasteiger partial charge in [-0.05, 0) is 74.8 Å². The second-order valence-corrected chi connectivity index (χ2v) is 10.1. The van der Waals surface area contributed by atoms with E-state index in [1.165, 1.54) is 6.42 Å². The predicted molar refractivity (Wildman–Crippen MR) is 112 cm³/mol. The summed E-state index contributed by atoms with van der Waals surface area (Å²) in [5.41, 5.74) is 1.98. The van der Waals surface area contributed by atoms with Crippen LogP contribution < -0.4 is 5.32 Å². The van der Waals surface area contributed by atoms with Crippen LogP contribution in [0.5, 0.6) is 0 Å². The summed E-state index contributed by atoms with van der Waals surface area (Å²) in [6, 6.07) is 7.80. The van der Waals surface area contributed by atoms with Crippen LogP contribution in [0.15, 0.2) is 36.4 Å². The highest BCUT2D eigenvalue weighted by atomic mass is 16.2. The van der Waals surface area contributed by atoms with Crippen LogP contribution in [0, 0.1) is 48.3 Å².